The van der Waals surface area contributed by atoms with Crippen molar-refractivity contribution >= 4 is 16.7 Å². The first-order valence-corrected chi connectivity index (χ1v) is 9.52. The van der Waals surface area contributed by atoms with E-state index in [0.29, 0.717) is 11.9 Å². The quantitative estimate of drug-likeness (QED) is 0.929. The molecule has 1 amide bonds. The fourth-order valence-electron chi connectivity index (χ4n) is 4.30. The molecule has 4 rings (SSSR count). The first-order chi connectivity index (χ1) is 12.2. The van der Waals surface area contributed by atoms with Crippen LogP contribution < -0.4 is 10.9 Å². The van der Waals surface area contributed by atoms with E-state index in [-0.39, 0.29) is 23.4 Å². The van der Waals surface area contributed by atoms with Crippen LogP contribution in [-0.4, -0.2) is 15.7 Å². The summed E-state index contributed by atoms with van der Waals surface area (Å²) in [7, 11) is 0. The first-order valence-electron chi connectivity index (χ1n) is 9.52. The second-order valence-electron chi connectivity index (χ2n) is 7.38. The van der Waals surface area contributed by atoms with Crippen LogP contribution in [0.5, 0.6) is 0 Å². The van der Waals surface area contributed by atoms with Crippen LogP contribution in [0.25, 0.3) is 10.8 Å². The van der Waals surface area contributed by atoms with Crippen molar-refractivity contribution < 1.29 is 4.79 Å². The highest BCUT2D eigenvalue weighted by Crippen LogP contribution is 2.28. The van der Waals surface area contributed by atoms with Crippen molar-refractivity contribution in [3.05, 3.63) is 40.3 Å². The zero-order valence-electron chi connectivity index (χ0n) is 14.5. The molecule has 132 valence electrons. The molecular formula is C20H25N3O2. The van der Waals surface area contributed by atoms with E-state index in [1.54, 1.807) is 4.68 Å². The van der Waals surface area contributed by atoms with Crippen molar-refractivity contribution in [1.82, 2.24) is 15.1 Å². The van der Waals surface area contributed by atoms with E-state index in [9.17, 15) is 9.59 Å². The smallest absolute Gasteiger partial charge is 0.274 e. The molecule has 25 heavy (non-hydrogen) atoms. The van der Waals surface area contributed by atoms with Gasteiger partial charge in [0.1, 0.15) is 0 Å². The van der Waals surface area contributed by atoms with Gasteiger partial charge in [-0.25, -0.2) is 4.68 Å². The highest BCUT2D eigenvalue weighted by molar-refractivity contribution is 5.84. The van der Waals surface area contributed by atoms with Gasteiger partial charge in [-0.2, -0.15) is 5.10 Å². The Labute approximate surface area is 147 Å². The highest BCUT2D eigenvalue weighted by atomic mass is 16.2. The number of carbonyl (C=O) groups excluding carboxylic acids is 1. The molecule has 5 heteroatoms. The predicted octanol–water partition coefficient (Wildman–Crippen LogP) is 3.32. The van der Waals surface area contributed by atoms with E-state index in [4.69, 9.17) is 0 Å². The Morgan fingerprint density at radius 1 is 1.04 bits per heavy atom. The minimum absolute atomic E-state index is 0.00614. The van der Waals surface area contributed by atoms with E-state index >= 15 is 0 Å². The number of carbonyl (C=O) groups is 1. The molecule has 5 nitrogen and oxygen atoms in total. The van der Waals surface area contributed by atoms with Gasteiger partial charge in [-0.1, -0.05) is 43.9 Å². The fraction of sp³-hybridized carbons (Fsp3) is 0.550. The van der Waals surface area contributed by atoms with Gasteiger partial charge in [0.25, 0.3) is 5.56 Å². The molecule has 0 spiro atoms. The third kappa shape index (κ3) is 3.20. The minimum Gasteiger partial charge on any atom is -0.350 e. The van der Waals surface area contributed by atoms with Crippen LogP contribution in [0.15, 0.2) is 29.1 Å². The van der Waals surface area contributed by atoms with Crippen LogP contribution in [0, 0.1) is 5.92 Å². The monoisotopic (exact) mass is 339 g/mol. The zero-order valence-corrected chi connectivity index (χ0v) is 14.5. The van der Waals surface area contributed by atoms with Gasteiger partial charge in [-0.05, 0) is 31.7 Å². The fourth-order valence-corrected chi connectivity index (χ4v) is 4.30. The summed E-state index contributed by atoms with van der Waals surface area (Å²) in [6.07, 6.45) is 8.60. The lowest BCUT2D eigenvalue weighted by Crippen LogP contribution is -2.32. The number of fused-ring (bicyclic) bond motifs is 1. The van der Waals surface area contributed by atoms with Crippen LogP contribution >= 0.6 is 0 Å². The number of nitrogens with zero attached hydrogens (tertiary/aromatic N) is 2. The Bertz CT molecular complexity index is 830. The Hall–Kier alpha value is -2.17. The minimum atomic E-state index is -0.00614. The standard InChI is InChI=1S/C20H25N3O2/c24-19(14-7-1-2-8-14)21-13-18-16-11-5-6-12-17(16)20(25)23(22-18)15-9-3-4-10-15/h5-6,11-12,14-15H,1-4,7-10,13H2,(H,21,24). The summed E-state index contributed by atoms with van der Waals surface area (Å²) in [5, 5.41) is 9.28. The van der Waals surface area contributed by atoms with Gasteiger partial charge in [0.2, 0.25) is 5.91 Å². The zero-order chi connectivity index (χ0) is 17.2. The summed E-state index contributed by atoms with van der Waals surface area (Å²) in [6.45, 7) is 0.392. The highest BCUT2D eigenvalue weighted by Gasteiger charge is 2.24. The molecule has 1 N–H and O–H groups in total. The number of hydrogen-bond acceptors (Lipinski definition) is 3. The molecule has 2 aliphatic rings. The van der Waals surface area contributed by atoms with Crippen molar-refractivity contribution in [2.24, 2.45) is 5.92 Å². The lowest BCUT2D eigenvalue weighted by atomic mass is 10.1. The molecule has 0 bridgehead atoms. The summed E-state index contributed by atoms with van der Waals surface area (Å²) >= 11 is 0. The number of hydrogen-bond donors (Lipinski definition) is 1. The number of rotatable bonds is 4. The molecule has 0 radical (unpaired) electrons. The Balaban J connectivity index is 1.65. The van der Waals surface area contributed by atoms with Crippen molar-refractivity contribution in [3.63, 3.8) is 0 Å². The number of benzene rings is 1. The number of nitrogens with one attached hydrogen (secondary N) is 1. The summed E-state index contributed by atoms with van der Waals surface area (Å²) in [5.41, 5.74) is 0.793. The normalized spacial score (nSPS) is 18.9. The molecule has 0 atom stereocenters. The van der Waals surface area contributed by atoms with Gasteiger partial charge in [0, 0.05) is 11.3 Å². The number of amides is 1. The molecule has 0 saturated heterocycles. The van der Waals surface area contributed by atoms with E-state index in [2.05, 4.69) is 10.4 Å². The molecule has 0 aliphatic heterocycles. The van der Waals surface area contributed by atoms with Gasteiger partial charge in [-0.3, -0.25) is 9.59 Å². The SMILES string of the molecule is O=C(NCc1nn(C2CCCC2)c(=O)c2ccccc12)C1CCCC1. The average molecular weight is 339 g/mol. The van der Waals surface area contributed by atoms with Gasteiger partial charge < -0.3 is 5.32 Å². The summed E-state index contributed by atoms with van der Waals surface area (Å²) in [6, 6.07) is 7.81. The summed E-state index contributed by atoms with van der Waals surface area (Å²) in [4.78, 5) is 25.2. The topological polar surface area (TPSA) is 64.0 Å². The Morgan fingerprint density at radius 3 is 2.40 bits per heavy atom. The molecule has 1 aromatic heterocycles. The largest absolute Gasteiger partial charge is 0.350 e. The van der Waals surface area contributed by atoms with Gasteiger partial charge in [-0.15, -0.1) is 0 Å². The van der Waals surface area contributed by atoms with Crippen molar-refractivity contribution in [2.45, 2.75) is 64.0 Å². The van der Waals surface area contributed by atoms with E-state index < -0.39 is 0 Å². The predicted molar refractivity (Wildman–Crippen MR) is 97.3 cm³/mol. The van der Waals surface area contributed by atoms with Crippen molar-refractivity contribution in [1.29, 1.82) is 0 Å². The average Bonchev–Trinajstić information content (AvgIpc) is 3.35. The molecule has 1 heterocycles. The van der Waals surface area contributed by atoms with E-state index in [1.807, 2.05) is 24.3 Å². The van der Waals surface area contributed by atoms with Gasteiger partial charge in [0.05, 0.1) is 23.7 Å². The van der Waals surface area contributed by atoms with Crippen molar-refractivity contribution in [3.8, 4) is 0 Å². The second-order valence-corrected chi connectivity index (χ2v) is 7.38. The molecule has 1 aromatic carbocycles. The second kappa shape index (κ2) is 6.98. The van der Waals surface area contributed by atoms with Gasteiger partial charge >= 0.3 is 0 Å². The van der Waals surface area contributed by atoms with E-state index in [1.165, 1.54) is 0 Å². The third-order valence-corrected chi connectivity index (χ3v) is 5.73. The molecule has 2 aliphatic carbocycles. The van der Waals surface area contributed by atoms with Gasteiger partial charge in [0.15, 0.2) is 0 Å². The molecule has 2 fully saturated rings. The number of aromatic nitrogens is 2. The molecule has 2 aromatic rings. The maximum atomic E-state index is 12.8. The molecular weight excluding hydrogens is 314 g/mol. The van der Waals surface area contributed by atoms with Crippen LogP contribution in [0.4, 0.5) is 0 Å². The maximum absolute atomic E-state index is 12.8. The van der Waals surface area contributed by atoms with Crippen LogP contribution in [0.1, 0.15) is 63.1 Å². The first kappa shape index (κ1) is 16.3. The van der Waals surface area contributed by atoms with Crippen LogP contribution in [0.3, 0.4) is 0 Å². The molecule has 2 saturated carbocycles. The lowest BCUT2D eigenvalue weighted by molar-refractivity contribution is -0.124. The molecule has 0 unspecified atom stereocenters. The third-order valence-electron chi connectivity index (χ3n) is 5.73. The van der Waals surface area contributed by atoms with Crippen molar-refractivity contribution in [2.75, 3.05) is 0 Å². The Morgan fingerprint density at radius 2 is 1.68 bits per heavy atom. The van der Waals surface area contributed by atoms with Crippen LogP contribution in [0.2, 0.25) is 0 Å². The Kier molecular flexibility index (Phi) is 4.55. The van der Waals surface area contributed by atoms with E-state index in [0.717, 1.165) is 62.4 Å². The maximum Gasteiger partial charge on any atom is 0.274 e. The summed E-state index contributed by atoms with van der Waals surface area (Å²) in [5.74, 6) is 0.272. The summed E-state index contributed by atoms with van der Waals surface area (Å²) < 4.78 is 1.67. The lowest BCUT2D eigenvalue weighted by Gasteiger charge is -2.17. The van der Waals surface area contributed by atoms with Crippen LogP contribution in [-0.2, 0) is 11.3 Å².